The van der Waals surface area contributed by atoms with Gasteiger partial charge in [0.15, 0.2) is 0 Å². The molecule has 0 aliphatic carbocycles. The maximum atomic E-state index is 11.5. The Morgan fingerprint density at radius 1 is 1.69 bits per heavy atom. The molecule has 0 radical (unpaired) electrons. The minimum atomic E-state index is -0.234. The van der Waals surface area contributed by atoms with Gasteiger partial charge in [-0.2, -0.15) is 0 Å². The quantitative estimate of drug-likeness (QED) is 0.687. The van der Waals surface area contributed by atoms with Crippen LogP contribution in [-0.2, 0) is 11.3 Å². The SMILES string of the molecule is CC1C(=O)NCCN1c1nccc(CN)n1. The summed E-state index contributed by atoms with van der Waals surface area (Å²) in [5.74, 6) is 0.582. The van der Waals surface area contributed by atoms with Crippen LogP contribution in [0.4, 0.5) is 5.95 Å². The standard InChI is InChI=1S/C10H15N5O/c1-7-9(16)12-4-5-15(7)10-13-3-2-8(6-11)14-10/h2-3,7H,4-6,11H2,1H3,(H,12,16). The number of nitrogens with one attached hydrogen (secondary N) is 1. The van der Waals surface area contributed by atoms with E-state index in [0.29, 0.717) is 19.0 Å². The highest BCUT2D eigenvalue weighted by Crippen LogP contribution is 2.13. The smallest absolute Gasteiger partial charge is 0.242 e. The summed E-state index contributed by atoms with van der Waals surface area (Å²) >= 11 is 0. The van der Waals surface area contributed by atoms with E-state index < -0.39 is 0 Å². The number of anilines is 1. The minimum Gasteiger partial charge on any atom is -0.353 e. The lowest BCUT2D eigenvalue weighted by atomic mass is 10.2. The third-order valence-electron chi connectivity index (χ3n) is 2.67. The molecular weight excluding hydrogens is 206 g/mol. The van der Waals surface area contributed by atoms with Gasteiger partial charge in [-0.05, 0) is 13.0 Å². The number of amides is 1. The fourth-order valence-corrected chi connectivity index (χ4v) is 1.69. The van der Waals surface area contributed by atoms with Crippen LogP contribution in [0.3, 0.4) is 0 Å². The van der Waals surface area contributed by atoms with Crippen LogP contribution in [0.1, 0.15) is 12.6 Å². The number of piperazine rings is 1. The first kappa shape index (κ1) is 10.8. The Kier molecular flexibility index (Phi) is 3.00. The van der Waals surface area contributed by atoms with Gasteiger partial charge >= 0.3 is 0 Å². The van der Waals surface area contributed by atoms with Crippen LogP contribution >= 0.6 is 0 Å². The lowest BCUT2D eigenvalue weighted by Crippen LogP contribution is -2.54. The monoisotopic (exact) mass is 221 g/mol. The fraction of sp³-hybridized carbons (Fsp3) is 0.500. The van der Waals surface area contributed by atoms with Crippen LogP contribution in [0.2, 0.25) is 0 Å². The van der Waals surface area contributed by atoms with Crippen molar-refractivity contribution in [2.24, 2.45) is 5.73 Å². The van der Waals surface area contributed by atoms with Crippen LogP contribution in [0.25, 0.3) is 0 Å². The molecule has 86 valence electrons. The first-order chi connectivity index (χ1) is 7.72. The van der Waals surface area contributed by atoms with Crippen molar-refractivity contribution in [2.75, 3.05) is 18.0 Å². The van der Waals surface area contributed by atoms with Crippen molar-refractivity contribution < 1.29 is 4.79 Å². The summed E-state index contributed by atoms with van der Waals surface area (Å²) in [5, 5.41) is 2.80. The zero-order valence-corrected chi connectivity index (χ0v) is 9.18. The zero-order chi connectivity index (χ0) is 11.5. The number of nitrogens with two attached hydrogens (primary N) is 1. The van der Waals surface area contributed by atoms with Gasteiger partial charge in [-0.1, -0.05) is 0 Å². The first-order valence-corrected chi connectivity index (χ1v) is 5.28. The van der Waals surface area contributed by atoms with E-state index >= 15 is 0 Å². The molecule has 1 amide bonds. The van der Waals surface area contributed by atoms with Gasteiger partial charge in [0.1, 0.15) is 6.04 Å². The first-order valence-electron chi connectivity index (χ1n) is 5.28. The molecule has 1 unspecified atom stereocenters. The predicted molar refractivity (Wildman–Crippen MR) is 59.7 cm³/mol. The van der Waals surface area contributed by atoms with Gasteiger partial charge < -0.3 is 16.0 Å². The minimum absolute atomic E-state index is 0.00741. The Bertz CT molecular complexity index is 395. The normalized spacial score (nSPS) is 20.8. The molecule has 2 heterocycles. The summed E-state index contributed by atoms with van der Waals surface area (Å²) in [6, 6.07) is 1.54. The number of hydrogen-bond acceptors (Lipinski definition) is 5. The Hall–Kier alpha value is -1.69. The van der Waals surface area contributed by atoms with Gasteiger partial charge in [0.2, 0.25) is 11.9 Å². The summed E-state index contributed by atoms with van der Waals surface area (Å²) in [4.78, 5) is 21.9. The van der Waals surface area contributed by atoms with Gasteiger partial charge in [0, 0.05) is 25.8 Å². The van der Waals surface area contributed by atoms with Crippen LogP contribution < -0.4 is 16.0 Å². The molecule has 16 heavy (non-hydrogen) atoms. The molecule has 1 saturated heterocycles. The second-order valence-corrected chi connectivity index (χ2v) is 3.71. The van der Waals surface area contributed by atoms with E-state index in [9.17, 15) is 4.79 Å². The van der Waals surface area contributed by atoms with E-state index in [0.717, 1.165) is 12.2 Å². The van der Waals surface area contributed by atoms with Crippen molar-refractivity contribution in [2.45, 2.75) is 19.5 Å². The van der Waals surface area contributed by atoms with Crippen molar-refractivity contribution in [3.63, 3.8) is 0 Å². The molecule has 1 atom stereocenters. The lowest BCUT2D eigenvalue weighted by Gasteiger charge is -2.32. The average molecular weight is 221 g/mol. The number of carbonyl (C=O) groups excluding carboxylic acids is 1. The zero-order valence-electron chi connectivity index (χ0n) is 9.18. The van der Waals surface area contributed by atoms with Gasteiger partial charge in [0.05, 0.1) is 5.69 Å². The molecule has 6 heteroatoms. The van der Waals surface area contributed by atoms with Crippen molar-refractivity contribution in [3.05, 3.63) is 18.0 Å². The van der Waals surface area contributed by atoms with Gasteiger partial charge in [-0.3, -0.25) is 4.79 Å². The molecule has 1 aromatic heterocycles. The molecule has 1 aromatic rings. The number of nitrogens with zero attached hydrogens (tertiary/aromatic N) is 3. The Morgan fingerprint density at radius 3 is 3.25 bits per heavy atom. The van der Waals surface area contributed by atoms with Gasteiger partial charge in [-0.15, -0.1) is 0 Å². The highest BCUT2D eigenvalue weighted by atomic mass is 16.2. The summed E-state index contributed by atoms with van der Waals surface area (Å²) in [6.07, 6.45) is 1.67. The Balaban J connectivity index is 2.25. The summed E-state index contributed by atoms with van der Waals surface area (Å²) in [5.41, 5.74) is 6.30. The van der Waals surface area contributed by atoms with Crippen LogP contribution in [0.15, 0.2) is 12.3 Å². The molecule has 0 saturated carbocycles. The van der Waals surface area contributed by atoms with Crippen LogP contribution in [0, 0.1) is 0 Å². The van der Waals surface area contributed by atoms with Gasteiger partial charge in [0.25, 0.3) is 0 Å². The highest BCUT2D eigenvalue weighted by molar-refractivity contribution is 5.85. The number of carbonyl (C=O) groups is 1. The summed E-state index contributed by atoms with van der Waals surface area (Å²) in [6.45, 7) is 3.57. The van der Waals surface area contributed by atoms with Gasteiger partial charge in [-0.25, -0.2) is 9.97 Å². The Labute approximate surface area is 93.9 Å². The average Bonchev–Trinajstić information content (AvgIpc) is 2.33. The van der Waals surface area contributed by atoms with E-state index in [1.807, 2.05) is 11.8 Å². The number of aromatic nitrogens is 2. The molecule has 2 rings (SSSR count). The molecule has 6 nitrogen and oxygen atoms in total. The van der Waals surface area contributed by atoms with E-state index in [1.54, 1.807) is 12.3 Å². The molecule has 1 aliphatic rings. The van der Waals surface area contributed by atoms with Crippen LogP contribution in [0.5, 0.6) is 0 Å². The van der Waals surface area contributed by atoms with Crippen LogP contribution in [-0.4, -0.2) is 35.0 Å². The van der Waals surface area contributed by atoms with Crippen molar-refractivity contribution >= 4 is 11.9 Å². The molecule has 1 aliphatic heterocycles. The maximum Gasteiger partial charge on any atom is 0.242 e. The summed E-state index contributed by atoms with van der Waals surface area (Å²) in [7, 11) is 0. The fourth-order valence-electron chi connectivity index (χ4n) is 1.69. The topological polar surface area (TPSA) is 84.1 Å². The second kappa shape index (κ2) is 4.44. The predicted octanol–water partition coefficient (Wildman–Crippen LogP) is -0.740. The lowest BCUT2D eigenvalue weighted by molar-refractivity contribution is -0.122. The maximum absolute atomic E-state index is 11.5. The molecule has 0 aromatic carbocycles. The van der Waals surface area contributed by atoms with Crippen molar-refractivity contribution in [3.8, 4) is 0 Å². The van der Waals surface area contributed by atoms with Crippen molar-refractivity contribution in [1.29, 1.82) is 0 Å². The third kappa shape index (κ3) is 1.96. The third-order valence-corrected chi connectivity index (χ3v) is 2.67. The molecule has 3 N–H and O–H groups in total. The molecule has 0 bridgehead atoms. The number of rotatable bonds is 2. The number of hydrogen-bond donors (Lipinski definition) is 2. The van der Waals surface area contributed by atoms with Crippen molar-refractivity contribution in [1.82, 2.24) is 15.3 Å². The Morgan fingerprint density at radius 2 is 2.50 bits per heavy atom. The molecular formula is C10H15N5O. The summed E-state index contributed by atoms with van der Waals surface area (Å²) < 4.78 is 0. The largest absolute Gasteiger partial charge is 0.353 e. The van der Waals surface area contributed by atoms with E-state index in [-0.39, 0.29) is 11.9 Å². The van der Waals surface area contributed by atoms with E-state index in [4.69, 9.17) is 5.73 Å². The second-order valence-electron chi connectivity index (χ2n) is 3.71. The molecule has 1 fully saturated rings. The van der Waals surface area contributed by atoms with E-state index in [1.165, 1.54) is 0 Å². The molecule has 0 spiro atoms. The highest BCUT2D eigenvalue weighted by Gasteiger charge is 2.27. The van der Waals surface area contributed by atoms with E-state index in [2.05, 4.69) is 15.3 Å².